The van der Waals surface area contributed by atoms with E-state index in [-0.39, 0.29) is 0 Å². The van der Waals surface area contributed by atoms with Crippen molar-refractivity contribution in [1.82, 2.24) is 5.32 Å². The zero-order valence-electron chi connectivity index (χ0n) is 13.7. The summed E-state index contributed by atoms with van der Waals surface area (Å²) < 4.78 is 5.17. The van der Waals surface area contributed by atoms with E-state index in [0.29, 0.717) is 6.04 Å². The van der Waals surface area contributed by atoms with Crippen LogP contribution in [0.5, 0.6) is 5.75 Å². The maximum absolute atomic E-state index is 10.6. The van der Waals surface area contributed by atoms with Crippen LogP contribution in [0.3, 0.4) is 0 Å². The monoisotopic (exact) mass is 312 g/mol. The molecule has 0 fully saturated rings. The van der Waals surface area contributed by atoms with E-state index in [1.54, 1.807) is 7.11 Å². The number of methoxy groups -OCH3 is 1. The maximum atomic E-state index is 10.6. The fraction of sp³-hybridized carbons (Fsp3) is 0.316. The summed E-state index contributed by atoms with van der Waals surface area (Å²) in [5.41, 5.74) is 3.31. The van der Waals surface area contributed by atoms with Gasteiger partial charge in [-0.05, 0) is 55.6 Å². The van der Waals surface area contributed by atoms with Crippen molar-refractivity contribution in [2.75, 3.05) is 19.0 Å². The molecule has 0 unspecified atom stereocenters. The molecule has 4 heteroatoms. The van der Waals surface area contributed by atoms with E-state index in [9.17, 15) is 4.79 Å². The first kappa shape index (κ1) is 17.0. The molecule has 0 aliphatic rings. The third-order valence-electron chi connectivity index (χ3n) is 3.82. The second-order valence-corrected chi connectivity index (χ2v) is 5.58. The first-order valence-electron chi connectivity index (χ1n) is 7.87. The van der Waals surface area contributed by atoms with Crippen molar-refractivity contribution in [2.24, 2.45) is 0 Å². The summed E-state index contributed by atoms with van der Waals surface area (Å²) in [6.45, 7) is 3.05. The molecule has 0 spiro atoms. The van der Waals surface area contributed by atoms with Crippen LogP contribution in [0.1, 0.15) is 18.1 Å². The molecular formula is C19H24N2O2. The third-order valence-corrected chi connectivity index (χ3v) is 3.82. The lowest BCUT2D eigenvalue weighted by Gasteiger charge is -2.15. The van der Waals surface area contributed by atoms with Crippen LogP contribution >= 0.6 is 0 Å². The molecule has 0 aliphatic heterocycles. The Hall–Kier alpha value is -2.33. The van der Waals surface area contributed by atoms with Gasteiger partial charge in [0.25, 0.3) is 0 Å². The Morgan fingerprint density at radius 3 is 2.57 bits per heavy atom. The van der Waals surface area contributed by atoms with Crippen LogP contribution < -0.4 is 15.4 Å². The molecule has 0 aliphatic carbocycles. The summed E-state index contributed by atoms with van der Waals surface area (Å²) in [6, 6.07) is 16.4. The minimum Gasteiger partial charge on any atom is -0.497 e. The molecule has 0 saturated heterocycles. The molecule has 0 heterocycles. The number of hydrogen-bond acceptors (Lipinski definition) is 3. The van der Waals surface area contributed by atoms with Gasteiger partial charge in [0.2, 0.25) is 6.41 Å². The van der Waals surface area contributed by atoms with Crippen LogP contribution in [0, 0.1) is 0 Å². The zero-order chi connectivity index (χ0) is 16.5. The zero-order valence-corrected chi connectivity index (χ0v) is 13.7. The number of carbonyl (C=O) groups is 1. The van der Waals surface area contributed by atoms with Crippen molar-refractivity contribution in [3.63, 3.8) is 0 Å². The normalized spacial score (nSPS) is 11.7. The summed E-state index contributed by atoms with van der Waals surface area (Å²) in [7, 11) is 1.68. The minimum atomic E-state index is 0.384. The highest BCUT2D eigenvalue weighted by Crippen LogP contribution is 2.15. The van der Waals surface area contributed by atoms with Crippen LogP contribution in [0.4, 0.5) is 5.69 Å². The van der Waals surface area contributed by atoms with Crippen LogP contribution in [-0.4, -0.2) is 26.1 Å². The van der Waals surface area contributed by atoms with Crippen molar-refractivity contribution in [2.45, 2.75) is 25.8 Å². The molecule has 2 aromatic rings. The van der Waals surface area contributed by atoms with Crippen LogP contribution in [0.25, 0.3) is 0 Å². The Balaban J connectivity index is 1.80. The minimum absolute atomic E-state index is 0.384. The van der Waals surface area contributed by atoms with Gasteiger partial charge in [-0.15, -0.1) is 0 Å². The first-order chi connectivity index (χ1) is 11.2. The Kier molecular flexibility index (Phi) is 6.63. The quantitative estimate of drug-likeness (QED) is 0.700. The molecule has 0 saturated carbocycles. The predicted molar refractivity (Wildman–Crippen MR) is 94.0 cm³/mol. The van der Waals surface area contributed by atoms with Crippen molar-refractivity contribution in [1.29, 1.82) is 0 Å². The van der Waals surface area contributed by atoms with Gasteiger partial charge in [0.05, 0.1) is 7.11 Å². The number of hydrogen-bond donors (Lipinski definition) is 2. The standard InChI is InChI=1S/C19H24N2O2/c1-15(13-16-7-9-18(23-2)10-8-16)20-12-11-17-5-3-4-6-19(17)21-14-22/h3-10,14-15,20H,11-13H2,1-2H3,(H,21,22)/t15-/m1/s1. The molecule has 2 aromatic carbocycles. The molecule has 0 aromatic heterocycles. The second kappa shape index (κ2) is 8.96. The molecule has 0 bridgehead atoms. The van der Waals surface area contributed by atoms with E-state index < -0.39 is 0 Å². The van der Waals surface area contributed by atoms with Crippen LogP contribution in [-0.2, 0) is 17.6 Å². The SMILES string of the molecule is COc1ccc(C[C@@H](C)NCCc2ccccc2NC=O)cc1. The number of para-hydroxylation sites is 1. The van der Waals surface area contributed by atoms with Crippen molar-refractivity contribution < 1.29 is 9.53 Å². The second-order valence-electron chi connectivity index (χ2n) is 5.58. The fourth-order valence-corrected chi connectivity index (χ4v) is 2.58. The third kappa shape index (κ3) is 5.42. The van der Waals surface area contributed by atoms with E-state index in [4.69, 9.17) is 4.74 Å². The van der Waals surface area contributed by atoms with E-state index >= 15 is 0 Å². The Labute approximate surface area is 137 Å². The molecule has 1 atom stereocenters. The molecule has 4 nitrogen and oxygen atoms in total. The summed E-state index contributed by atoms with van der Waals surface area (Å²) >= 11 is 0. The number of nitrogens with one attached hydrogen (secondary N) is 2. The maximum Gasteiger partial charge on any atom is 0.211 e. The van der Waals surface area contributed by atoms with Gasteiger partial charge in [-0.1, -0.05) is 30.3 Å². The summed E-state index contributed by atoms with van der Waals surface area (Å²) in [6.07, 6.45) is 2.57. The molecular weight excluding hydrogens is 288 g/mol. The van der Waals surface area contributed by atoms with Gasteiger partial charge in [-0.3, -0.25) is 4.79 Å². The van der Waals surface area contributed by atoms with Crippen LogP contribution in [0.2, 0.25) is 0 Å². The van der Waals surface area contributed by atoms with E-state index in [0.717, 1.165) is 42.8 Å². The fourth-order valence-electron chi connectivity index (χ4n) is 2.58. The topological polar surface area (TPSA) is 50.4 Å². The van der Waals surface area contributed by atoms with Gasteiger partial charge in [0.15, 0.2) is 0 Å². The highest BCUT2D eigenvalue weighted by molar-refractivity contribution is 5.73. The highest BCUT2D eigenvalue weighted by atomic mass is 16.5. The molecule has 1 amide bonds. The number of amides is 1. The average Bonchev–Trinajstić information content (AvgIpc) is 2.57. The summed E-state index contributed by atoms with van der Waals surface area (Å²) in [5, 5.41) is 6.27. The first-order valence-corrected chi connectivity index (χ1v) is 7.87. The van der Waals surface area contributed by atoms with Gasteiger partial charge in [0, 0.05) is 11.7 Å². The highest BCUT2D eigenvalue weighted by Gasteiger charge is 2.05. The van der Waals surface area contributed by atoms with Crippen molar-refractivity contribution in [3.05, 3.63) is 59.7 Å². The van der Waals surface area contributed by atoms with Crippen molar-refractivity contribution >= 4 is 12.1 Å². The molecule has 0 radical (unpaired) electrons. The number of ether oxygens (including phenoxy) is 1. The van der Waals surface area contributed by atoms with Gasteiger partial charge >= 0.3 is 0 Å². The Morgan fingerprint density at radius 2 is 1.87 bits per heavy atom. The number of benzene rings is 2. The lowest BCUT2D eigenvalue weighted by molar-refractivity contribution is -0.105. The number of anilines is 1. The predicted octanol–water partition coefficient (Wildman–Crippen LogP) is 3.03. The largest absolute Gasteiger partial charge is 0.497 e. The summed E-state index contributed by atoms with van der Waals surface area (Å²) in [5.74, 6) is 0.883. The van der Waals surface area contributed by atoms with Gasteiger partial charge in [-0.2, -0.15) is 0 Å². The molecule has 122 valence electrons. The van der Waals surface area contributed by atoms with Gasteiger partial charge < -0.3 is 15.4 Å². The molecule has 23 heavy (non-hydrogen) atoms. The number of rotatable bonds is 9. The Morgan fingerprint density at radius 1 is 1.13 bits per heavy atom. The lowest BCUT2D eigenvalue weighted by atomic mass is 10.1. The van der Waals surface area contributed by atoms with Gasteiger partial charge in [-0.25, -0.2) is 0 Å². The average molecular weight is 312 g/mol. The Bertz CT molecular complexity index is 611. The van der Waals surface area contributed by atoms with E-state index in [1.165, 1.54) is 5.56 Å². The summed E-state index contributed by atoms with van der Waals surface area (Å²) in [4.78, 5) is 10.6. The van der Waals surface area contributed by atoms with E-state index in [1.807, 2.05) is 36.4 Å². The molecule has 2 N–H and O–H groups in total. The van der Waals surface area contributed by atoms with Crippen molar-refractivity contribution in [3.8, 4) is 5.75 Å². The van der Waals surface area contributed by atoms with Crippen LogP contribution in [0.15, 0.2) is 48.5 Å². The number of carbonyl (C=O) groups excluding carboxylic acids is 1. The van der Waals surface area contributed by atoms with Gasteiger partial charge in [0.1, 0.15) is 5.75 Å². The van der Waals surface area contributed by atoms with E-state index in [2.05, 4.69) is 29.7 Å². The lowest BCUT2D eigenvalue weighted by Crippen LogP contribution is -2.30. The smallest absolute Gasteiger partial charge is 0.211 e. The molecule has 2 rings (SSSR count).